The molecule has 1 aliphatic carbocycles. The first-order valence-corrected chi connectivity index (χ1v) is 7.67. The summed E-state index contributed by atoms with van der Waals surface area (Å²) in [6, 6.07) is 0.817. The van der Waals surface area contributed by atoms with Crippen molar-refractivity contribution in [2.75, 3.05) is 25.6 Å². The summed E-state index contributed by atoms with van der Waals surface area (Å²) in [6.45, 7) is 2.01. The minimum atomic E-state index is -0.781. The number of nitrogens with one attached hydrogen (secondary N) is 1. The van der Waals surface area contributed by atoms with Gasteiger partial charge in [0.15, 0.2) is 17.4 Å². The molecule has 2 rings (SSSR count). The second kappa shape index (κ2) is 7.59. The first-order chi connectivity index (χ1) is 11.0. The van der Waals surface area contributed by atoms with Crippen molar-refractivity contribution in [1.82, 2.24) is 4.90 Å². The van der Waals surface area contributed by atoms with Crippen LogP contribution < -0.4 is 10.1 Å². The number of benzene rings is 1. The molecule has 1 aromatic carbocycles. The van der Waals surface area contributed by atoms with Gasteiger partial charge in [-0.25, -0.2) is 13.6 Å². The number of halogens is 2. The van der Waals surface area contributed by atoms with Crippen molar-refractivity contribution in [3.05, 3.63) is 23.8 Å². The second-order valence-corrected chi connectivity index (χ2v) is 5.88. The van der Waals surface area contributed by atoms with Gasteiger partial charge in [-0.05, 0) is 25.7 Å². The van der Waals surface area contributed by atoms with Crippen molar-refractivity contribution in [1.29, 1.82) is 0 Å². The molecular weight excluding hydrogens is 306 g/mol. The largest absolute Gasteiger partial charge is 0.494 e. The number of anilines is 1. The third kappa shape index (κ3) is 4.10. The quantitative estimate of drug-likeness (QED) is 0.844. The Hall–Kier alpha value is -1.89. The van der Waals surface area contributed by atoms with Gasteiger partial charge in [0.05, 0.1) is 25.4 Å². The van der Waals surface area contributed by atoms with E-state index in [9.17, 15) is 18.7 Å². The molecular formula is C16H22F2N2O3. The number of rotatable bonds is 6. The fourth-order valence-corrected chi connectivity index (χ4v) is 2.48. The zero-order valence-corrected chi connectivity index (χ0v) is 13.3. The normalized spacial score (nSPS) is 15.7. The molecule has 1 atom stereocenters. The molecule has 2 N–H and O–H groups in total. The Balaban J connectivity index is 2.12. The number of carbonyl (C=O) groups is 1. The topological polar surface area (TPSA) is 61.8 Å². The van der Waals surface area contributed by atoms with Gasteiger partial charge in [-0.15, -0.1) is 0 Å². The number of hydrogen-bond donors (Lipinski definition) is 2. The van der Waals surface area contributed by atoms with E-state index in [4.69, 9.17) is 4.74 Å². The zero-order valence-electron chi connectivity index (χ0n) is 13.3. The maximum Gasteiger partial charge on any atom is 0.322 e. The van der Waals surface area contributed by atoms with Crippen molar-refractivity contribution in [2.24, 2.45) is 5.92 Å². The van der Waals surface area contributed by atoms with Gasteiger partial charge >= 0.3 is 6.03 Å². The van der Waals surface area contributed by atoms with Crippen molar-refractivity contribution in [3.8, 4) is 5.75 Å². The summed E-state index contributed by atoms with van der Waals surface area (Å²) in [5.74, 6) is -1.37. The van der Waals surface area contributed by atoms with Crippen LogP contribution in [0.2, 0.25) is 0 Å². The van der Waals surface area contributed by atoms with E-state index in [0.717, 1.165) is 31.4 Å². The third-order valence-electron chi connectivity index (χ3n) is 4.22. The van der Waals surface area contributed by atoms with E-state index in [1.54, 1.807) is 6.92 Å². The summed E-state index contributed by atoms with van der Waals surface area (Å²) in [7, 11) is 1.24. The van der Waals surface area contributed by atoms with E-state index in [1.807, 2.05) is 0 Å². The van der Waals surface area contributed by atoms with E-state index in [0.29, 0.717) is 12.5 Å². The van der Waals surface area contributed by atoms with Gasteiger partial charge in [0, 0.05) is 18.7 Å². The molecule has 0 bridgehead atoms. The molecule has 0 saturated heterocycles. The van der Waals surface area contributed by atoms with E-state index < -0.39 is 23.7 Å². The molecule has 1 aromatic rings. The number of methoxy groups -OCH3 is 1. The van der Waals surface area contributed by atoms with Gasteiger partial charge in [0.25, 0.3) is 0 Å². The highest BCUT2D eigenvalue weighted by molar-refractivity contribution is 5.89. The van der Waals surface area contributed by atoms with Crippen molar-refractivity contribution < 1.29 is 23.4 Å². The van der Waals surface area contributed by atoms with Gasteiger partial charge in [-0.2, -0.15) is 0 Å². The van der Waals surface area contributed by atoms with E-state index in [2.05, 4.69) is 5.32 Å². The van der Waals surface area contributed by atoms with Crippen LogP contribution in [-0.2, 0) is 0 Å². The standard InChI is InChI=1S/C16H22F2N2O3/c1-10(9-21)20(8-11-4-3-5-11)16(22)19-14-6-13(18)15(23-2)7-12(14)17/h6-7,10-11,21H,3-5,8-9H2,1-2H3,(H,19,22). The van der Waals surface area contributed by atoms with E-state index in [-0.39, 0.29) is 18.0 Å². The average Bonchev–Trinajstić information content (AvgIpc) is 2.48. The molecule has 2 amide bonds. The summed E-state index contributed by atoms with van der Waals surface area (Å²) in [6.07, 6.45) is 3.20. The van der Waals surface area contributed by atoms with Crippen LogP contribution in [0.25, 0.3) is 0 Å². The Labute approximate surface area is 134 Å². The van der Waals surface area contributed by atoms with Crippen molar-refractivity contribution >= 4 is 11.7 Å². The number of ether oxygens (including phenoxy) is 1. The molecule has 128 valence electrons. The SMILES string of the molecule is COc1cc(F)c(NC(=O)N(CC2CCC2)C(C)CO)cc1F. The van der Waals surface area contributed by atoms with Crippen LogP contribution in [0, 0.1) is 17.6 Å². The van der Waals surface area contributed by atoms with Crippen molar-refractivity contribution in [3.63, 3.8) is 0 Å². The summed E-state index contributed by atoms with van der Waals surface area (Å²) >= 11 is 0. The molecule has 0 radical (unpaired) electrons. The number of hydrogen-bond acceptors (Lipinski definition) is 3. The molecule has 1 aliphatic rings. The second-order valence-electron chi connectivity index (χ2n) is 5.88. The van der Waals surface area contributed by atoms with Gasteiger partial charge in [-0.3, -0.25) is 0 Å². The van der Waals surface area contributed by atoms with Crippen LogP contribution in [0.15, 0.2) is 12.1 Å². The predicted molar refractivity (Wildman–Crippen MR) is 82.5 cm³/mol. The smallest absolute Gasteiger partial charge is 0.322 e. The molecule has 23 heavy (non-hydrogen) atoms. The first kappa shape index (κ1) is 17.5. The molecule has 0 heterocycles. The lowest BCUT2D eigenvalue weighted by Crippen LogP contribution is -2.46. The number of aliphatic hydroxyl groups is 1. The van der Waals surface area contributed by atoms with E-state index >= 15 is 0 Å². The Morgan fingerprint density at radius 3 is 2.65 bits per heavy atom. The van der Waals surface area contributed by atoms with Crippen LogP contribution in [-0.4, -0.2) is 42.3 Å². The lowest BCUT2D eigenvalue weighted by Gasteiger charge is -2.35. The van der Waals surface area contributed by atoms with Gasteiger partial charge in [0.1, 0.15) is 0 Å². The van der Waals surface area contributed by atoms with E-state index in [1.165, 1.54) is 12.0 Å². The zero-order chi connectivity index (χ0) is 17.0. The predicted octanol–water partition coefficient (Wildman–Crippen LogP) is 2.99. The number of urea groups is 1. The molecule has 5 nitrogen and oxygen atoms in total. The summed E-state index contributed by atoms with van der Waals surface area (Å²) in [4.78, 5) is 13.9. The summed E-state index contributed by atoms with van der Waals surface area (Å²) in [5.41, 5.74) is -0.253. The Kier molecular flexibility index (Phi) is 5.76. The molecule has 0 aliphatic heterocycles. The van der Waals surface area contributed by atoms with Crippen LogP contribution in [0.1, 0.15) is 26.2 Å². The molecule has 0 aromatic heterocycles. The number of carbonyl (C=O) groups excluding carboxylic acids is 1. The fraction of sp³-hybridized carbons (Fsp3) is 0.562. The molecule has 7 heteroatoms. The Morgan fingerprint density at radius 1 is 1.43 bits per heavy atom. The van der Waals surface area contributed by atoms with Crippen molar-refractivity contribution in [2.45, 2.75) is 32.2 Å². The Morgan fingerprint density at radius 2 is 2.13 bits per heavy atom. The maximum absolute atomic E-state index is 13.9. The van der Waals surface area contributed by atoms with Crippen LogP contribution in [0.5, 0.6) is 5.75 Å². The van der Waals surface area contributed by atoms with Crippen LogP contribution in [0.4, 0.5) is 19.3 Å². The summed E-state index contributed by atoms with van der Waals surface area (Å²) in [5, 5.41) is 11.7. The van der Waals surface area contributed by atoms with Crippen LogP contribution in [0.3, 0.4) is 0 Å². The molecule has 1 saturated carbocycles. The van der Waals surface area contributed by atoms with Gasteiger partial charge in [0.2, 0.25) is 0 Å². The highest BCUT2D eigenvalue weighted by Gasteiger charge is 2.27. The lowest BCUT2D eigenvalue weighted by molar-refractivity contribution is 0.121. The monoisotopic (exact) mass is 328 g/mol. The average molecular weight is 328 g/mol. The minimum Gasteiger partial charge on any atom is -0.494 e. The number of nitrogens with zero attached hydrogens (tertiary/aromatic N) is 1. The van der Waals surface area contributed by atoms with Crippen LogP contribution >= 0.6 is 0 Å². The maximum atomic E-state index is 13.9. The lowest BCUT2D eigenvalue weighted by atomic mass is 9.85. The first-order valence-electron chi connectivity index (χ1n) is 7.67. The highest BCUT2D eigenvalue weighted by Crippen LogP contribution is 2.29. The Bertz CT molecular complexity index is 565. The summed E-state index contributed by atoms with van der Waals surface area (Å²) < 4.78 is 32.3. The fourth-order valence-electron chi connectivity index (χ4n) is 2.48. The highest BCUT2D eigenvalue weighted by atomic mass is 19.1. The molecule has 0 spiro atoms. The van der Waals surface area contributed by atoms with Gasteiger partial charge < -0.3 is 20.1 Å². The molecule has 1 unspecified atom stereocenters. The van der Waals surface area contributed by atoms with Gasteiger partial charge in [-0.1, -0.05) is 6.42 Å². The molecule has 1 fully saturated rings. The minimum absolute atomic E-state index is 0.195. The number of aliphatic hydroxyl groups excluding tert-OH is 1. The third-order valence-corrected chi connectivity index (χ3v) is 4.22. The number of amides is 2.